The number of carbonyl (C=O) groups excluding carboxylic acids is 2. The van der Waals surface area contributed by atoms with E-state index in [2.05, 4.69) is 5.32 Å². The van der Waals surface area contributed by atoms with Crippen LogP contribution in [0.25, 0.3) is 0 Å². The minimum absolute atomic E-state index is 0.0614. The lowest BCUT2D eigenvalue weighted by molar-refractivity contribution is -0.141. The molecular weight excluding hydrogens is 287 g/mol. The number of carbonyl (C=O) groups is 2. The van der Waals surface area contributed by atoms with Gasteiger partial charge in [0.2, 0.25) is 11.8 Å². The first-order valence-corrected chi connectivity index (χ1v) is 7.29. The quantitative estimate of drug-likeness (QED) is 0.810. The standard InChI is InChI=1S/C16H21FN2O3/c1-16(15(21)18-9-10-22-2)8-7-14(20)19(16)11-12-3-5-13(17)6-4-12/h3-6H,7-11H2,1-2H3,(H,18,21)/t16-/m0/s1. The molecule has 1 heterocycles. The summed E-state index contributed by atoms with van der Waals surface area (Å²) in [4.78, 5) is 26.1. The highest BCUT2D eigenvalue weighted by molar-refractivity contribution is 5.94. The number of methoxy groups -OCH3 is 1. The average Bonchev–Trinajstić information content (AvgIpc) is 2.79. The van der Waals surface area contributed by atoms with Crippen LogP contribution in [0.3, 0.4) is 0 Å². The zero-order chi connectivity index (χ0) is 16.2. The fourth-order valence-corrected chi connectivity index (χ4v) is 2.62. The molecule has 2 rings (SSSR count). The molecule has 1 aromatic rings. The summed E-state index contributed by atoms with van der Waals surface area (Å²) in [7, 11) is 1.56. The van der Waals surface area contributed by atoms with Gasteiger partial charge in [0.15, 0.2) is 0 Å². The first-order chi connectivity index (χ1) is 10.5. The van der Waals surface area contributed by atoms with E-state index < -0.39 is 5.54 Å². The van der Waals surface area contributed by atoms with Gasteiger partial charge in [-0.25, -0.2) is 4.39 Å². The number of amides is 2. The second kappa shape index (κ2) is 6.87. The minimum atomic E-state index is -0.876. The van der Waals surface area contributed by atoms with E-state index in [4.69, 9.17) is 4.74 Å². The summed E-state index contributed by atoms with van der Waals surface area (Å²) >= 11 is 0. The molecule has 0 bridgehead atoms. The lowest BCUT2D eigenvalue weighted by Gasteiger charge is -2.34. The molecule has 0 aromatic heterocycles. The number of hydrogen-bond donors (Lipinski definition) is 1. The highest BCUT2D eigenvalue weighted by Gasteiger charge is 2.46. The maximum absolute atomic E-state index is 13.0. The van der Waals surface area contributed by atoms with Crippen LogP contribution in [0.5, 0.6) is 0 Å². The minimum Gasteiger partial charge on any atom is -0.383 e. The third-order valence-electron chi connectivity index (χ3n) is 4.06. The normalized spacial score (nSPS) is 21.2. The predicted molar refractivity (Wildman–Crippen MR) is 79.5 cm³/mol. The van der Waals surface area contributed by atoms with Crippen molar-refractivity contribution in [1.29, 1.82) is 0 Å². The van der Waals surface area contributed by atoms with Gasteiger partial charge in [0.1, 0.15) is 11.4 Å². The number of likely N-dealkylation sites (tertiary alicyclic amines) is 1. The van der Waals surface area contributed by atoms with Crippen molar-refractivity contribution >= 4 is 11.8 Å². The van der Waals surface area contributed by atoms with Crippen LogP contribution in [-0.2, 0) is 20.9 Å². The van der Waals surface area contributed by atoms with Crippen LogP contribution in [-0.4, -0.2) is 42.5 Å². The zero-order valence-electron chi connectivity index (χ0n) is 12.9. The highest BCUT2D eigenvalue weighted by Crippen LogP contribution is 2.31. The highest BCUT2D eigenvalue weighted by atomic mass is 19.1. The van der Waals surface area contributed by atoms with E-state index in [0.717, 1.165) is 5.56 Å². The lowest BCUT2D eigenvalue weighted by Crippen LogP contribution is -2.54. The van der Waals surface area contributed by atoms with Crippen molar-refractivity contribution in [3.8, 4) is 0 Å². The number of hydrogen-bond acceptors (Lipinski definition) is 3. The SMILES string of the molecule is COCCNC(=O)[C@]1(C)CCC(=O)N1Cc1ccc(F)cc1. The third kappa shape index (κ3) is 3.44. The molecule has 0 saturated carbocycles. The van der Waals surface area contributed by atoms with Crippen LogP contribution >= 0.6 is 0 Å². The first kappa shape index (κ1) is 16.4. The fraction of sp³-hybridized carbons (Fsp3) is 0.500. The summed E-state index contributed by atoms with van der Waals surface area (Å²) in [6.45, 7) is 2.90. The third-order valence-corrected chi connectivity index (χ3v) is 4.06. The average molecular weight is 308 g/mol. The molecule has 1 aliphatic heterocycles. The van der Waals surface area contributed by atoms with Gasteiger partial charge in [0.25, 0.3) is 0 Å². The largest absolute Gasteiger partial charge is 0.383 e. The maximum Gasteiger partial charge on any atom is 0.245 e. The van der Waals surface area contributed by atoms with Gasteiger partial charge in [-0.05, 0) is 31.0 Å². The molecule has 2 amide bonds. The van der Waals surface area contributed by atoms with Crippen LogP contribution in [0.2, 0.25) is 0 Å². The summed E-state index contributed by atoms with van der Waals surface area (Å²) in [6.07, 6.45) is 0.821. The summed E-state index contributed by atoms with van der Waals surface area (Å²) in [5.74, 6) is -0.567. The van der Waals surface area contributed by atoms with Gasteiger partial charge in [-0.3, -0.25) is 9.59 Å². The van der Waals surface area contributed by atoms with E-state index in [0.29, 0.717) is 32.5 Å². The molecule has 0 unspecified atom stereocenters. The van der Waals surface area contributed by atoms with Gasteiger partial charge in [-0.2, -0.15) is 0 Å². The van der Waals surface area contributed by atoms with E-state index in [1.54, 1.807) is 31.1 Å². The second-order valence-corrected chi connectivity index (χ2v) is 5.63. The molecule has 6 heteroatoms. The molecule has 120 valence electrons. The van der Waals surface area contributed by atoms with Crippen molar-refractivity contribution in [2.75, 3.05) is 20.3 Å². The van der Waals surface area contributed by atoms with Crippen LogP contribution in [0.15, 0.2) is 24.3 Å². The molecule has 5 nitrogen and oxygen atoms in total. The Morgan fingerprint density at radius 3 is 2.73 bits per heavy atom. The number of ether oxygens (including phenoxy) is 1. The van der Waals surface area contributed by atoms with Crippen molar-refractivity contribution < 1.29 is 18.7 Å². The molecule has 1 saturated heterocycles. The molecule has 0 radical (unpaired) electrons. The fourth-order valence-electron chi connectivity index (χ4n) is 2.62. The van der Waals surface area contributed by atoms with Crippen LogP contribution in [0, 0.1) is 5.82 Å². The summed E-state index contributed by atoms with van der Waals surface area (Å²) in [5.41, 5.74) is -0.0771. The number of rotatable bonds is 6. The Labute approximate surface area is 129 Å². The molecule has 0 aliphatic carbocycles. The second-order valence-electron chi connectivity index (χ2n) is 5.63. The van der Waals surface area contributed by atoms with Crippen molar-refractivity contribution in [3.63, 3.8) is 0 Å². The molecular formula is C16H21FN2O3. The van der Waals surface area contributed by atoms with Crippen molar-refractivity contribution in [1.82, 2.24) is 10.2 Å². The van der Waals surface area contributed by atoms with Gasteiger partial charge in [0, 0.05) is 26.6 Å². The van der Waals surface area contributed by atoms with Crippen LogP contribution < -0.4 is 5.32 Å². The van der Waals surface area contributed by atoms with E-state index in [-0.39, 0.29) is 17.6 Å². The zero-order valence-corrected chi connectivity index (χ0v) is 12.9. The van der Waals surface area contributed by atoms with E-state index in [9.17, 15) is 14.0 Å². The molecule has 1 aromatic carbocycles. The van der Waals surface area contributed by atoms with Crippen LogP contribution in [0.1, 0.15) is 25.3 Å². The Morgan fingerprint density at radius 2 is 2.09 bits per heavy atom. The molecule has 1 atom stereocenters. The van der Waals surface area contributed by atoms with E-state index in [1.807, 2.05) is 0 Å². The summed E-state index contributed by atoms with van der Waals surface area (Å²) in [6, 6.07) is 5.96. The summed E-state index contributed by atoms with van der Waals surface area (Å²) in [5, 5.41) is 2.79. The maximum atomic E-state index is 13.0. The Balaban J connectivity index is 2.10. The molecule has 1 N–H and O–H groups in total. The Morgan fingerprint density at radius 1 is 1.41 bits per heavy atom. The Bertz CT molecular complexity index is 547. The number of halogens is 1. The number of benzene rings is 1. The molecule has 0 spiro atoms. The summed E-state index contributed by atoms with van der Waals surface area (Å²) < 4.78 is 17.9. The van der Waals surface area contributed by atoms with Gasteiger partial charge in [-0.15, -0.1) is 0 Å². The van der Waals surface area contributed by atoms with Gasteiger partial charge in [-0.1, -0.05) is 12.1 Å². The van der Waals surface area contributed by atoms with E-state index in [1.165, 1.54) is 12.1 Å². The monoisotopic (exact) mass is 308 g/mol. The first-order valence-electron chi connectivity index (χ1n) is 7.29. The molecule has 22 heavy (non-hydrogen) atoms. The lowest BCUT2D eigenvalue weighted by atomic mass is 9.97. The Kier molecular flexibility index (Phi) is 5.13. The number of nitrogens with zero attached hydrogens (tertiary/aromatic N) is 1. The smallest absolute Gasteiger partial charge is 0.245 e. The van der Waals surface area contributed by atoms with Gasteiger partial charge in [0.05, 0.1) is 6.61 Å². The van der Waals surface area contributed by atoms with Crippen molar-refractivity contribution in [2.45, 2.75) is 31.8 Å². The topological polar surface area (TPSA) is 58.6 Å². The van der Waals surface area contributed by atoms with Crippen molar-refractivity contribution in [3.05, 3.63) is 35.6 Å². The molecule has 1 aliphatic rings. The van der Waals surface area contributed by atoms with Crippen LogP contribution in [0.4, 0.5) is 4.39 Å². The van der Waals surface area contributed by atoms with E-state index >= 15 is 0 Å². The van der Waals surface area contributed by atoms with Gasteiger partial charge >= 0.3 is 0 Å². The predicted octanol–water partition coefficient (Wildman–Crippen LogP) is 1.47. The molecule has 1 fully saturated rings. The van der Waals surface area contributed by atoms with Crippen molar-refractivity contribution in [2.24, 2.45) is 0 Å². The Hall–Kier alpha value is -1.95. The number of nitrogens with one attached hydrogen (secondary N) is 1. The van der Waals surface area contributed by atoms with Gasteiger partial charge < -0.3 is 15.0 Å².